The monoisotopic (exact) mass is 716 g/mol. The van der Waals surface area contributed by atoms with Gasteiger partial charge in [0.25, 0.3) is 0 Å². The first kappa shape index (κ1) is 19.6. The molecule has 0 amide bonds. The predicted octanol–water partition coefficient (Wildman–Crippen LogP) is 13.6. The third-order valence-electron chi connectivity index (χ3n) is 9.54. The van der Waals surface area contributed by atoms with Crippen LogP contribution in [0.3, 0.4) is 0 Å². The van der Waals surface area contributed by atoms with Crippen molar-refractivity contribution in [2.24, 2.45) is 0 Å². The van der Waals surface area contributed by atoms with Crippen LogP contribution in [-0.2, 0) is 0 Å². The first-order valence-electron chi connectivity index (χ1n) is 24.8. The third kappa shape index (κ3) is 5.34. The van der Waals surface area contributed by atoms with Crippen LogP contribution in [-0.4, -0.2) is 15.0 Å². The molecule has 11 aromatic rings. The summed E-state index contributed by atoms with van der Waals surface area (Å²) in [6, 6.07) is 20.3. The third-order valence-corrected chi connectivity index (χ3v) is 9.54. The van der Waals surface area contributed by atoms with Crippen LogP contribution in [0.15, 0.2) is 192 Å². The molecule has 4 heteroatoms. The second-order valence-corrected chi connectivity index (χ2v) is 12.8. The van der Waals surface area contributed by atoms with Crippen molar-refractivity contribution >= 4 is 54.3 Å². The molecule has 0 saturated heterocycles. The highest BCUT2D eigenvalue weighted by Crippen LogP contribution is 2.42. The van der Waals surface area contributed by atoms with Crippen molar-refractivity contribution in [1.29, 1.82) is 0 Å². The van der Waals surface area contributed by atoms with Gasteiger partial charge in [-0.3, -0.25) is 0 Å². The zero-order valence-corrected chi connectivity index (χ0v) is 28.5. The number of hydrogen-bond donors (Lipinski definition) is 0. The first-order valence-corrected chi connectivity index (χ1v) is 17.3. The molecular weight excluding hydrogens is 671 g/mol. The van der Waals surface area contributed by atoms with E-state index in [1.54, 1.807) is 24.3 Å². The number of furan rings is 1. The van der Waals surface area contributed by atoms with Crippen molar-refractivity contribution in [2.45, 2.75) is 0 Å². The molecule has 0 atom stereocenters. The first-order chi connectivity index (χ1) is 33.5. The Morgan fingerprint density at radius 3 is 1.84 bits per heavy atom. The fourth-order valence-corrected chi connectivity index (χ4v) is 6.86. The van der Waals surface area contributed by atoms with Gasteiger partial charge in [0.2, 0.25) is 0 Å². The standard InChI is InChI=1S/C51H31N3O/c1-2-13-35(14-3-1)49-52-50(54-51(53-49)39-26-23-32-11-4-5-15-37(32)29-39)36-24-21-33(22-25-36)38-27-28-43-46-31-45(41-20-10-16-34-12-6-7-17-40(34)41)42-18-8-9-19-44(42)48(46)55-47(43)30-38/h1-31H/i6D,7D,8D,9D,10D,12D,16D,17D,18D,19D,20D,27D,28D,30D,31D. The molecule has 11 rings (SSSR count). The van der Waals surface area contributed by atoms with Crippen molar-refractivity contribution in [3.8, 4) is 56.4 Å². The molecule has 55 heavy (non-hydrogen) atoms. The Balaban J connectivity index is 1.14. The van der Waals surface area contributed by atoms with Gasteiger partial charge in [-0.25, -0.2) is 15.0 Å². The number of hydrogen-bond acceptors (Lipinski definition) is 4. The van der Waals surface area contributed by atoms with Gasteiger partial charge in [0.05, 0.1) is 20.6 Å². The van der Waals surface area contributed by atoms with Crippen LogP contribution < -0.4 is 0 Å². The van der Waals surface area contributed by atoms with Gasteiger partial charge in [0.15, 0.2) is 17.5 Å². The van der Waals surface area contributed by atoms with Crippen molar-refractivity contribution < 1.29 is 25.0 Å². The Hall–Kier alpha value is -7.43. The van der Waals surface area contributed by atoms with Gasteiger partial charge in [-0.2, -0.15) is 0 Å². The minimum absolute atomic E-state index is 0.0288. The maximum Gasteiger partial charge on any atom is 0.164 e. The number of rotatable bonds is 5. The molecule has 2 heterocycles. The number of fused-ring (bicyclic) bond motifs is 7. The van der Waals surface area contributed by atoms with Crippen LogP contribution >= 0.6 is 0 Å². The summed E-state index contributed by atoms with van der Waals surface area (Å²) in [7, 11) is 0. The highest BCUT2D eigenvalue weighted by atomic mass is 16.3. The second kappa shape index (κ2) is 12.6. The van der Waals surface area contributed by atoms with E-state index in [0.717, 1.165) is 21.9 Å². The van der Waals surface area contributed by atoms with E-state index < -0.39 is 106 Å². The molecule has 9 aromatic carbocycles. The zero-order valence-electron chi connectivity index (χ0n) is 43.5. The van der Waals surface area contributed by atoms with E-state index in [9.17, 15) is 5.48 Å². The highest BCUT2D eigenvalue weighted by molar-refractivity contribution is 6.20. The maximum atomic E-state index is 9.78. The Bertz CT molecular complexity index is 4120. The molecular formula is C51H31N3O. The molecule has 0 N–H and O–H groups in total. The summed E-state index contributed by atoms with van der Waals surface area (Å²) in [4.78, 5) is 14.6. The lowest BCUT2D eigenvalue weighted by Gasteiger charge is -2.11. The quantitative estimate of drug-likeness (QED) is 0.178. The van der Waals surface area contributed by atoms with E-state index >= 15 is 0 Å². The zero-order chi connectivity index (χ0) is 49.3. The summed E-state index contributed by atoms with van der Waals surface area (Å²) in [5.74, 6) is 1.22. The summed E-state index contributed by atoms with van der Waals surface area (Å²) in [5.41, 5.74) is 0.883. The average Bonchev–Trinajstić information content (AvgIpc) is 3.79. The van der Waals surface area contributed by atoms with E-state index in [0.29, 0.717) is 28.6 Å². The molecule has 0 radical (unpaired) electrons. The summed E-state index contributed by atoms with van der Waals surface area (Å²) >= 11 is 0. The summed E-state index contributed by atoms with van der Waals surface area (Å²) < 4.78 is 141. The van der Waals surface area contributed by atoms with E-state index in [1.807, 2.05) is 72.8 Å². The van der Waals surface area contributed by atoms with Crippen molar-refractivity contribution in [2.75, 3.05) is 0 Å². The maximum absolute atomic E-state index is 9.78. The molecule has 0 unspecified atom stereocenters. The fraction of sp³-hybridized carbons (Fsp3) is 0. The molecule has 0 fully saturated rings. The lowest BCUT2D eigenvalue weighted by molar-refractivity contribution is 0.673. The lowest BCUT2D eigenvalue weighted by Crippen LogP contribution is -2.00. The lowest BCUT2D eigenvalue weighted by atomic mass is 9.92. The van der Waals surface area contributed by atoms with Gasteiger partial charge in [0, 0.05) is 32.8 Å². The molecule has 0 saturated carbocycles. The van der Waals surface area contributed by atoms with Crippen LogP contribution in [0.25, 0.3) is 111 Å². The second-order valence-electron chi connectivity index (χ2n) is 12.8. The Morgan fingerprint density at radius 2 is 1.02 bits per heavy atom. The van der Waals surface area contributed by atoms with Crippen LogP contribution in [0.2, 0.25) is 0 Å². The van der Waals surface area contributed by atoms with Crippen molar-refractivity contribution in [1.82, 2.24) is 15.0 Å². The Labute approximate surface area is 338 Å². The van der Waals surface area contributed by atoms with Crippen LogP contribution in [0.4, 0.5) is 0 Å². The van der Waals surface area contributed by atoms with Gasteiger partial charge in [0.1, 0.15) is 11.2 Å². The van der Waals surface area contributed by atoms with Crippen molar-refractivity contribution in [3.05, 3.63) is 188 Å². The van der Waals surface area contributed by atoms with E-state index in [2.05, 4.69) is 0 Å². The van der Waals surface area contributed by atoms with E-state index in [4.69, 9.17) is 34.4 Å². The molecule has 0 aliphatic heterocycles. The average molecular weight is 717 g/mol. The van der Waals surface area contributed by atoms with Gasteiger partial charge in [-0.1, -0.05) is 164 Å². The number of nitrogens with zero attached hydrogens (tertiary/aromatic N) is 3. The molecule has 2 aromatic heterocycles. The Kier molecular flexibility index (Phi) is 4.49. The molecule has 0 aliphatic rings. The molecule has 4 nitrogen and oxygen atoms in total. The van der Waals surface area contributed by atoms with Crippen LogP contribution in [0.5, 0.6) is 0 Å². The topological polar surface area (TPSA) is 51.8 Å². The summed E-state index contributed by atoms with van der Waals surface area (Å²) in [6.45, 7) is 0. The minimum atomic E-state index is -0.769. The Morgan fingerprint density at radius 1 is 0.382 bits per heavy atom. The molecule has 256 valence electrons. The van der Waals surface area contributed by atoms with Gasteiger partial charge in [-0.15, -0.1) is 0 Å². The molecule has 0 spiro atoms. The normalized spacial score (nSPS) is 15.5. The van der Waals surface area contributed by atoms with Gasteiger partial charge < -0.3 is 4.42 Å². The van der Waals surface area contributed by atoms with E-state index in [1.165, 1.54) is 0 Å². The van der Waals surface area contributed by atoms with Crippen LogP contribution in [0.1, 0.15) is 20.6 Å². The van der Waals surface area contributed by atoms with Gasteiger partial charge >= 0.3 is 0 Å². The van der Waals surface area contributed by atoms with Crippen molar-refractivity contribution in [3.63, 3.8) is 0 Å². The van der Waals surface area contributed by atoms with Gasteiger partial charge in [-0.05, 0) is 73.4 Å². The van der Waals surface area contributed by atoms with Crippen LogP contribution in [0, 0.1) is 0 Å². The number of benzene rings is 9. The molecule has 0 bridgehead atoms. The predicted molar refractivity (Wildman–Crippen MR) is 227 cm³/mol. The SMILES string of the molecule is [2H]c1c([2H])c([2H])c2c(-c3c([2H])c4c(oc5c([2H])c(-c6ccc(-c7nc(-c8ccccc8)nc(-c8ccc9ccccc9c8)n7)cc6)c([2H])c([2H])c54)c4c([2H])c([2H])c([2H])c([2H])c34)c([2H])c([2H])c([2H])c2c1[2H]. The number of aromatic nitrogens is 3. The summed E-state index contributed by atoms with van der Waals surface area (Å²) in [6.07, 6.45) is 0. The largest absolute Gasteiger partial charge is 0.455 e. The summed E-state index contributed by atoms with van der Waals surface area (Å²) in [5, 5.41) is -0.0178. The smallest absolute Gasteiger partial charge is 0.164 e. The van der Waals surface area contributed by atoms with E-state index in [-0.39, 0.29) is 44.3 Å². The minimum Gasteiger partial charge on any atom is -0.455 e. The molecule has 0 aliphatic carbocycles. The fourth-order valence-electron chi connectivity index (χ4n) is 6.86. The highest BCUT2D eigenvalue weighted by Gasteiger charge is 2.17.